The lowest BCUT2D eigenvalue weighted by Crippen LogP contribution is -2.48. The Labute approximate surface area is 157 Å². The lowest BCUT2D eigenvalue weighted by molar-refractivity contribution is -0.121. The second kappa shape index (κ2) is 8.44. The van der Waals surface area contributed by atoms with Crippen LogP contribution in [0, 0.1) is 0 Å². The molecule has 6 nitrogen and oxygen atoms in total. The van der Waals surface area contributed by atoms with Crippen LogP contribution in [0.25, 0.3) is 0 Å². The topological polar surface area (TPSA) is 70.7 Å². The van der Waals surface area contributed by atoms with Crippen molar-refractivity contribution in [1.82, 2.24) is 4.90 Å². The molecule has 2 heterocycles. The minimum Gasteiger partial charge on any atom is -0.373 e. The van der Waals surface area contributed by atoms with Crippen molar-refractivity contribution in [2.24, 2.45) is 0 Å². The van der Waals surface area contributed by atoms with Crippen molar-refractivity contribution in [3.05, 3.63) is 46.7 Å². The van der Waals surface area contributed by atoms with Crippen LogP contribution in [0.3, 0.4) is 0 Å². The summed E-state index contributed by atoms with van der Waals surface area (Å²) >= 11 is 1.40. The van der Waals surface area contributed by atoms with E-state index >= 15 is 0 Å². The molecule has 2 aromatic rings. The van der Waals surface area contributed by atoms with Crippen molar-refractivity contribution in [2.45, 2.75) is 26.1 Å². The van der Waals surface area contributed by atoms with Gasteiger partial charge < -0.3 is 15.4 Å². The van der Waals surface area contributed by atoms with Crippen LogP contribution >= 0.6 is 11.3 Å². The van der Waals surface area contributed by atoms with E-state index in [0.29, 0.717) is 22.8 Å². The van der Waals surface area contributed by atoms with Crippen LogP contribution in [0.2, 0.25) is 0 Å². The number of rotatable bonds is 5. The van der Waals surface area contributed by atoms with Gasteiger partial charge in [-0.05, 0) is 49.6 Å². The maximum Gasteiger partial charge on any atom is 0.265 e. The highest BCUT2D eigenvalue weighted by atomic mass is 32.1. The summed E-state index contributed by atoms with van der Waals surface area (Å²) < 4.78 is 5.68. The van der Waals surface area contributed by atoms with Gasteiger partial charge in [0.25, 0.3) is 5.91 Å². The summed E-state index contributed by atoms with van der Waals surface area (Å²) in [6.45, 7) is 5.89. The molecule has 0 aliphatic carbocycles. The van der Waals surface area contributed by atoms with E-state index in [4.69, 9.17) is 4.74 Å². The molecule has 0 spiro atoms. The van der Waals surface area contributed by atoms with E-state index in [2.05, 4.69) is 15.5 Å². The summed E-state index contributed by atoms with van der Waals surface area (Å²) in [7, 11) is 0. The Balaban J connectivity index is 1.50. The zero-order chi connectivity index (χ0) is 18.5. The van der Waals surface area contributed by atoms with Gasteiger partial charge in [0.05, 0.1) is 23.6 Å². The molecule has 0 saturated carbocycles. The Bertz CT molecular complexity index is 736. The van der Waals surface area contributed by atoms with Crippen molar-refractivity contribution in [2.75, 3.05) is 30.3 Å². The van der Waals surface area contributed by atoms with Crippen molar-refractivity contribution in [3.63, 3.8) is 0 Å². The molecular weight excluding hydrogens is 350 g/mol. The minimum atomic E-state index is -0.132. The van der Waals surface area contributed by atoms with Crippen LogP contribution in [0.5, 0.6) is 0 Å². The largest absolute Gasteiger partial charge is 0.373 e. The third kappa shape index (κ3) is 5.14. The highest BCUT2D eigenvalue weighted by Gasteiger charge is 2.23. The molecule has 26 heavy (non-hydrogen) atoms. The number of hydrogen-bond acceptors (Lipinski definition) is 5. The number of carbonyl (C=O) groups is 2. The summed E-state index contributed by atoms with van der Waals surface area (Å²) in [5, 5.41) is 7.60. The first kappa shape index (κ1) is 18.6. The number of hydrogen-bond donors (Lipinski definition) is 2. The van der Waals surface area contributed by atoms with Crippen LogP contribution in [-0.2, 0) is 9.53 Å². The predicted molar refractivity (Wildman–Crippen MR) is 104 cm³/mol. The van der Waals surface area contributed by atoms with Gasteiger partial charge in [-0.15, -0.1) is 11.3 Å². The van der Waals surface area contributed by atoms with Gasteiger partial charge in [-0.2, -0.15) is 0 Å². The number of anilines is 2. The number of morpholine rings is 1. The third-order valence-electron chi connectivity index (χ3n) is 4.03. The molecule has 0 unspecified atom stereocenters. The summed E-state index contributed by atoms with van der Waals surface area (Å²) in [6.07, 6.45) is 0.274. The smallest absolute Gasteiger partial charge is 0.265 e. The zero-order valence-corrected chi connectivity index (χ0v) is 15.7. The predicted octanol–water partition coefficient (Wildman–Crippen LogP) is 3.05. The Morgan fingerprint density at radius 1 is 1.08 bits per heavy atom. The molecule has 1 aromatic carbocycles. The Kier molecular flexibility index (Phi) is 6.03. The summed E-state index contributed by atoms with van der Waals surface area (Å²) in [4.78, 5) is 27.0. The van der Waals surface area contributed by atoms with E-state index in [1.807, 2.05) is 25.3 Å². The lowest BCUT2D eigenvalue weighted by atomic mass is 10.2. The Morgan fingerprint density at radius 3 is 2.27 bits per heavy atom. The SMILES string of the molecule is C[C@@H]1CN(CC(=O)Nc2ccc(NC(=O)c3cccs3)cc2)C[C@H](C)O1. The second-order valence-corrected chi connectivity index (χ2v) is 7.46. The monoisotopic (exact) mass is 373 g/mol. The summed E-state index contributed by atoms with van der Waals surface area (Å²) in [5.41, 5.74) is 1.40. The molecule has 2 atom stereocenters. The van der Waals surface area contributed by atoms with Crippen LogP contribution in [0.1, 0.15) is 23.5 Å². The molecule has 138 valence electrons. The first-order valence-corrected chi connectivity index (χ1v) is 9.50. The molecule has 1 aliphatic rings. The minimum absolute atomic E-state index is 0.0540. The van der Waals surface area contributed by atoms with Gasteiger partial charge in [0, 0.05) is 24.5 Å². The lowest BCUT2D eigenvalue weighted by Gasteiger charge is -2.34. The number of carbonyl (C=O) groups excluding carboxylic acids is 2. The molecule has 1 saturated heterocycles. The molecule has 1 aliphatic heterocycles. The van der Waals surface area contributed by atoms with E-state index in [1.165, 1.54) is 11.3 Å². The van der Waals surface area contributed by atoms with Crippen molar-refractivity contribution >= 4 is 34.5 Å². The number of amides is 2. The number of nitrogens with one attached hydrogen (secondary N) is 2. The molecule has 1 aromatic heterocycles. The number of benzene rings is 1. The van der Waals surface area contributed by atoms with Crippen LogP contribution in [0.15, 0.2) is 41.8 Å². The Morgan fingerprint density at radius 2 is 1.69 bits per heavy atom. The van der Waals surface area contributed by atoms with E-state index < -0.39 is 0 Å². The first-order chi connectivity index (χ1) is 12.5. The van der Waals surface area contributed by atoms with Crippen molar-refractivity contribution < 1.29 is 14.3 Å². The van der Waals surface area contributed by atoms with Crippen LogP contribution in [-0.4, -0.2) is 48.6 Å². The summed E-state index contributed by atoms with van der Waals surface area (Å²) in [6, 6.07) is 10.7. The van der Waals surface area contributed by atoms with Crippen molar-refractivity contribution in [3.8, 4) is 0 Å². The second-order valence-electron chi connectivity index (χ2n) is 6.51. The number of ether oxygens (including phenoxy) is 1. The van der Waals surface area contributed by atoms with Crippen LogP contribution < -0.4 is 10.6 Å². The molecule has 0 radical (unpaired) electrons. The van der Waals surface area contributed by atoms with Gasteiger partial charge >= 0.3 is 0 Å². The van der Waals surface area contributed by atoms with E-state index in [9.17, 15) is 9.59 Å². The average Bonchev–Trinajstić information content (AvgIpc) is 3.10. The molecule has 0 bridgehead atoms. The fourth-order valence-electron chi connectivity index (χ4n) is 3.05. The fraction of sp³-hybridized carbons (Fsp3) is 0.368. The van der Waals surface area contributed by atoms with Gasteiger partial charge in [0.15, 0.2) is 0 Å². The van der Waals surface area contributed by atoms with E-state index in [-0.39, 0.29) is 24.0 Å². The average molecular weight is 373 g/mol. The molecule has 2 N–H and O–H groups in total. The molecular formula is C19H23N3O3S. The molecule has 7 heteroatoms. The zero-order valence-electron chi connectivity index (χ0n) is 14.9. The number of thiophene rings is 1. The van der Waals surface area contributed by atoms with Crippen molar-refractivity contribution in [1.29, 1.82) is 0 Å². The molecule has 3 rings (SSSR count). The van der Waals surface area contributed by atoms with Gasteiger partial charge in [0.1, 0.15) is 0 Å². The maximum absolute atomic E-state index is 12.3. The fourth-order valence-corrected chi connectivity index (χ4v) is 3.67. The highest BCUT2D eigenvalue weighted by Crippen LogP contribution is 2.17. The van der Waals surface area contributed by atoms with E-state index in [0.717, 1.165) is 13.1 Å². The molecule has 1 fully saturated rings. The number of nitrogens with zero attached hydrogens (tertiary/aromatic N) is 1. The summed E-state index contributed by atoms with van der Waals surface area (Å²) in [5.74, 6) is -0.186. The normalized spacial score (nSPS) is 20.5. The Hall–Kier alpha value is -2.22. The van der Waals surface area contributed by atoms with Crippen LogP contribution in [0.4, 0.5) is 11.4 Å². The third-order valence-corrected chi connectivity index (χ3v) is 4.90. The standard InChI is InChI=1S/C19H23N3O3S/c1-13-10-22(11-14(2)25-13)12-18(23)20-15-5-7-16(8-6-15)21-19(24)17-4-3-9-26-17/h3-9,13-14H,10-12H2,1-2H3,(H,20,23)(H,21,24)/t13-,14+. The highest BCUT2D eigenvalue weighted by molar-refractivity contribution is 7.12. The van der Waals surface area contributed by atoms with Gasteiger partial charge in [0.2, 0.25) is 5.91 Å². The first-order valence-electron chi connectivity index (χ1n) is 8.62. The molecule has 2 amide bonds. The van der Waals surface area contributed by atoms with Gasteiger partial charge in [-0.25, -0.2) is 0 Å². The van der Waals surface area contributed by atoms with Gasteiger partial charge in [-0.3, -0.25) is 14.5 Å². The van der Waals surface area contributed by atoms with E-state index in [1.54, 1.807) is 30.3 Å². The quantitative estimate of drug-likeness (QED) is 0.845. The van der Waals surface area contributed by atoms with Gasteiger partial charge in [-0.1, -0.05) is 6.07 Å². The maximum atomic E-state index is 12.3.